The smallest absolute Gasteiger partial charge is 0.193 e. The van der Waals surface area contributed by atoms with Crippen molar-refractivity contribution in [1.82, 2.24) is 15.1 Å². The maximum absolute atomic E-state index is 5.29. The molecule has 0 aromatic rings. The predicted octanol–water partition coefficient (Wildman–Crippen LogP) is 2.43. The standard InChI is InChI=1S/C18H38N4O/c1-7-19-18(21-12-9-17(13-21)14-23-6)20-10-8-11-22(15(2)3)16(4)5/h15-17H,7-14H2,1-6H3,(H,19,20). The molecule has 0 amide bonds. The zero-order valence-electron chi connectivity index (χ0n) is 16.1. The fraction of sp³-hybridized carbons (Fsp3) is 0.944. The average molecular weight is 327 g/mol. The fourth-order valence-corrected chi connectivity index (χ4v) is 3.37. The first-order chi connectivity index (χ1) is 11.0. The monoisotopic (exact) mass is 326 g/mol. The molecular formula is C18H38N4O. The van der Waals surface area contributed by atoms with Crippen molar-refractivity contribution in [3.8, 4) is 0 Å². The molecule has 0 spiro atoms. The Morgan fingerprint density at radius 1 is 1.30 bits per heavy atom. The number of nitrogens with zero attached hydrogens (tertiary/aromatic N) is 3. The summed E-state index contributed by atoms with van der Waals surface area (Å²) in [5.41, 5.74) is 0. The fourth-order valence-electron chi connectivity index (χ4n) is 3.37. The highest BCUT2D eigenvalue weighted by Gasteiger charge is 2.24. The molecule has 1 aliphatic rings. The highest BCUT2D eigenvalue weighted by molar-refractivity contribution is 5.80. The van der Waals surface area contributed by atoms with E-state index in [1.165, 1.54) is 6.42 Å². The van der Waals surface area contributed by atoms with Crippen LogP contribution in [0.2, 0.25) is 0 Å². The second kappa shape index (κ2) is 10.9. The van der Waals surface area contributed by atoms with E-state index in [1.807, 2.05) is 0 Å². The van der Waals surface area contributed by atoms with E-state index < -0.39 is 0 Å². The molecule has 0 aliphatic carbocycles. The highest BCUT2D eigenvalue weighted by Crippen LogP contribution is 2.16. The largest absolute Gasteiger partial charge is 0.384 e. The van der Waals surface area contributed by atoms with E-state index in [4.69, 9.17) is 9.73 Å². The quantitative estimate of drug-likeness (QED) is 0.401. The summed E-state index contributed by atoms with van der Waals surface area (Å²) in [4.78, 5) is 9.76. The van der Waals surface area contributed by atoms with E-state index in [0.717, 1.165) is 51.7 Å². The number of guanidine groups is 1. The number of likely N-dealkylation sites (tertiary alicyclic amines) is 1. The molecule has 23 heavy (non-hydrogen) atoms. The van der Waals surface area contributed by atoms with Crippen LogP contribution >= 0.6 is 0 Å². The SMILES string of the molecule is CCNC(=NCCCN(C(C)C)C(C)C)N1CCC(COC)C1. The number of nitrogens with one attached hydrogen (secondary N) is 1. The summed E-state index contributed by atoms with van der Waals surface area (Å²) in [6, 6.07) is 1.20. The van der Waals surface area contributed by atoms with Crippen LogP contribution in [0.3, 0.4) is 0 Å². The van der Waals surface area contributed by atoms with Gasteiger partial charge in [-0.15, -0.1) is 0 Å². The van der Waals surface area contributed by atoms with E-state index in [0.29, 0.717) is 18.0 Å². The molecule has 5 heteroatoms. The van der Waals surface area contributed by atoms with Crippen LogP contribution in [0, 0.1) is 5.92 Å². The number of aliphatic imine (C=N–C) groups is 1. The summed E-state index contributed by atoms with van der Waals surface area (Å²) in [6.45, 7) is 17.2. The van der Waals surface area contributed by atoms with Gasteiger partial charge in [-0.25, -0.2) is 0 Å². The number of methoxy groups -OCH3 is 1. The summed E-state index contributed by atoms with van der Waals surface area (Å²) in [5, 5.41) is 3.44. The average Bonchev–Trinajstić information content (AvgIpc) is 2.94. The molecule has 1 aliphatic heterocycles. The third-order valence-corrected chi connectivity index (χ3v) is 4.49. The molecule has 1 rings (SSSR count). The number of hydrogen-bond acceptors (Lipinski definition) is 3. The van der Waals surface area contributed by atoms with Crippen molar-refractivity contribution in [1.29, 1.82) is 0 Å². The van der Waals surface area contributed by atoms with Gasteiger partial charge in [-0.1, -0.05) is 0 Å². The van der Waals surface area contributed by atoms with Crippen LogP contribution in [-0.4, -0.2) is 74.3 Å². The van der Waals surface area contributed by atoms with E-state index in [-0.39, 0.29) is 0 Å². The zero-order chi connectivity index (χ0) is 17.2. The van der Waals surface area contributed by atoms with Crippen LogP contribution in [0.4, 0.5) is 0 Å². The van der Waals surface area contributed by atoms with Gasteiger partial charge in [0.25, 0.3) is 0 Å². The van der Waals surface area contributed by atoms with Crippen molar-refractivity contribution >= 4 is 5.96 Å². The van der Waals surface area contributed by atoms with Gasteiger partial charge in [-0.3, -0.25) is 9.89 Å². The maximum atomic E-state index is 5.29. The first-order valence-electron chi connectivity index (χ1n) is 9.27. The lowest BCUT2D eigenvalue weighted by Gasteiger charge is -2.30. The Hall–Kier alpha value is -0.810. The molecule has 5 nitrogen and oxygen atoms in total. The maximum Gasteiger partial charge on any atom is 0.193 e. The Morgan fingerprint density at radius 3 is 2.57 bits per heavy atom. The topological polar surface area (TPSA) is 40.1 Å². The van der Waals surface area contributed by atoms with Gasteiger partial charge in [0.1, 0.15) is 0 Å². The lowest BCUT2D eigenvalue weighted by atomic mass is 10.1. The second-order valence-corrected chi connectivity index (χ2v) is 7.07. The summed E-state index contributed by atoms with van der Waals surface area (Å²) in [5.74, 6) is 1.72. The van der Waals surface area contributed by atoms with Gasteiger partial charge in [0.2, 0.25) is 0 Å². The first-order valence-corrected chi connectivity index (χ1v) is 9.27. The number of ether oxygens (including phenoxy) is 1. The van der Waals surface area contributed by atoms with Crippen LogP contribution in [-0.2, 0) is 4.74 Å². The lowest BCUT2D eigenvalue weighted by Crippen LogP contribution is -2.41. The first kappa shape index (κ1) is 20.2. The van der Waals surface area contributed by atoms with Gasteiger partial charge < -0.3 is 15.0 Å². The molecule has 1 saturated heterocycles. The van der Waals surface area contributed by atoms with Gasteiger partial charge >= 0.3 is 0 Å². The molecule has 0 bridgehead atoms. The highest BCUT2D eigenvalue weighted by atomic mass is 16.5. The van der Waals surface area contributed by atoms with Crippen LogP contribution in [0.1, 0.15) is 47.5 Å². The van der Waals surface area contributed by atoms with E-state index in [1.54, 1.807) is 7.11 Å². The molecule has 0 aromatic carbocycles. The normalized spacial score (nSPS) is 19.4. The molecule has 1 N–H and O–H groups in total. The van der Waals surface area contributed by atoms with Crippen molar-refractivity contribution in [2.75, 3.05) is 46.4 Å². The van der Waals surface area contributed by atoms with Crippen LogP contribution in [0.25, 0.3) is 0 Å². The molecule has 136 valence electrons. The summed E-state index contributed by atoms with van der Waals surface area (Å²) in [7, 11) is 1.79. The minimum Gasteiger partial charge on any atom is -0.384 e. The van der Waals surface area contributed by atoms with Crippen molar-refractivity contribution in [3.63, 3.8) is 0 Å². The molecule has 0 aromatic heterocycles. The third kappa shape index (κ3) is 7.08. The summed E-state index contributed by atoms with van der Waals surface area (Å²) < 4.78 is 5.29. The molecule has 1 heterocycles. The molecule has 0 radical (unpaired) electrons. The molecule has 1 unspecified atom stereocenters. The van der Waals surface area contributed by atoms with Crippen LogP contribution in [0.15, 0.2) is 4.99 Å². The van der Waals surface area contributed by atoms with Gasteiger partial charge in [0.05, 0.1) is 6.61 Å². The Bertz CT molecular complexity index is 336. The Balaban J connectivity index is 2.46. The Morgan fingerprint density at radius 2 is 2.00 bits per heavy atom. The Labute approximate surface area is 143 Å². The number of hydrogen-bond donors (Lipinski definition) is 1. The molecule has 1 atom stereocenters. The third-order valence-electron chi connectivity index (χ3n) is 4.49. The second-order valence-electron chi connectivity index (χ2n) is 7.07. The van der Waals surface area contributed by atoms with Gasteiger partial charge in [-0.2, -0.15) is 0 Å². The van der Waals surface area contributed by atoms with E-state index in [2.05, 4.69) is 49.7 Å². The van der Waals surface area contributed by atoms with Crippen molar-refractivity contribution in [2.45, 2.75) is 59.5 Å². The van der Waals surface area contributed by atoms with Crippen LogP contribution < -0.4 is 5.32 Å². The van der Waals surface area contributed by atoms with Crippen molar-refractivity contribution in [2.24, 2.45) is 10.9 Å². The van der Waals surface area contributed by atoms with E-state index in [9.17, 15) is 0 Å². The Kier molecular flexibility index (Phi) is 9.56. The minimum absolute atomic E-state index is 0.598. The van der Waals surface area contributed by atoms with Crippen LogP contribution in [0.5, 0.6) is 0 Å². The van der Waals surface area contributed by atoms with Crippen molar-refractivity contribution < 1.29 is 4.74 Å². The molecular weight excluding hydrogens is 288 g/mol. The van der Waals surface area contributed by atoms with Gasteiger partial charge in [-0.05, 0) is 47.5 Å². The van der Waals surface area contributed by atoms with Gasteiger partial charge in [0, 0.05) is 57.8 Å². The predicted molar refractivity (Wildman–Crippen MR) is 99.1 cm³/mol. The summed E-state index contributed by atoms with van der Waals surface area (Å²) in [6.07, 6.45) is 2.31. The molecule has 1 fully saturated rings. The summed E-state index contributed by atoms with van der Waals surface area (Å²) >= 11 is 0. The zero-order valence-corrected chi connectivity index (χ0v) is 16.1. The van der Waals surface area contributed by atoms with E-state index >= 15 is 0 Å². The number of rotatable bonds is 9. The molecule has 0 saturated carbocycles. The van der Waals surface area contributed by atoms with Crippen molar-refractivity contribution in [3.05, 3.63) is 0 Å². The van der Waals surface area contributed by atoms with Gasteiger partial charge in [0.15, 0.2) is 5.96 Å². The minimum atomic E-state index is 0.598. The lowest BCUT2D eigenvalue weighted by molar-refractivity contribution is 0.157.